The molecule has 0 fully saturated rings. The molecule has 0 saturated carbocycles. The Labute approximate surface area is 328 Å². The van der Waals surface area contributed by atoms with E-state index in [2.05, 4.69) is 37.0 Å². The highest BCUT2D eigenvalue weighted by molar-refractivity contribution is 7.99. The van der Waals surface area contributed by atoms with Crippen LogP contribution in [0, 0.1) is 0 Å². The molecule has 0 aliphatic carbocycles. The summed E-state index contributed by atoms with van der Waals surface area (Å²) in [6.07, 6.45) is 1.37. The number of methoxy groups -OCH3 is 6. The van der Waals surface area contributed by atoms with E-state index in [0.29, 0.717) is 58.7 Å². The first-order valence-electron chi connectivity index (χ1n) is 17.8. The van der Waals surface area contributed by atoms with Gasteiger partial charge in [0.25, 0.3) is 0 Å². The molecule has 2 atom stereocenters. The lowest BCUT2D eigenvalue weighted by molar-refractivity contribution is -0.116. The number of nitrogens with zero attached hydrogens (tertiary/aromatic N) is 2. The Kier molecular flexibility index (Phi) is 11.3. The molecule has 5 N–H and O–H groups in total. The predicted octanol–water partition coefficient (Wildman–Crippen LogP) is 6.78. The second-order valence-corrected chi connectivity index (χ2v) is 14.2. The molecule has 3 aliphatic rings. The summed E-state index contributed by atoms with van der Waals surface area (Å²) in [5, 5.41) is 18.4. The number of nitrogens with one attached hydrogen (secondary N) is 5. The van der Waals surface area contributed by atoms with E-state index in [0.717, 1.165) is 43.7 Å². The first kappa shape index (κ1) is 38.0. The van der Waals surface area contributed by atoms with Crippen LogP contribution in [-0.4, -0.2) is 65.9 Å². The van der Waals surface area contributed by atoms with Crippen molar-refractivity contribution in [2.75, 3.05) is 58.6 Å². The third-order valence-electron chi connectivity index (χ3n) is 9.56. The van der Waals surface area contributed by atoms with Crippen molar-refractivity contribution in [1.82, 2.24) is 10.9 Å². The lowest BCUT2D eigenvalue weighted by atomic mass is 10.0. The fraction of sp³-hybridized carbons (Fsp3) is 0.300. The molecule has 16 heteroatoms. The van der Waals surface area contributed by atoms with E-state index >= 15 is 0 Å². The van der Waals surface area contributed by atoms with Gasteiger partial charge in [-0.15, -0.1) is 0 Å². The van der Waals surface area contributed by atoms with Gasteiger partial charge in [0.15, 0.2) is 23.0 Å². The second-order valence-electron chi connectivity index (χ2n) is 13.1. The van der Waals surface area contributed by atoms with Gasteiger partial charge in [0.1, 0.15) is 0 Å². The van der Waals surface area contributed by atoms with Crippen LogP contribution in [-0.2, 0) is 9.59 Å². The second kappa shape index (κ2) is 16.6. The zero-order valence-electron chi connectivity index (χ0n) is 31.8. The smallest absolute Gasteiger partial charge is 0.230 e. The minimum absolute atomic E-state index is 0.135. The average Bonchev–Trinajstić information content (AvgIpc) is 3.88. The van der Waals surface area contributed by atoms with E-state index in [1.807, 2.05) is 60.7 Å². The standard InChI is InChI=1S/C40H43N7O8S/c1-50-31-11-21(12-32(51-2)39(31)54-5)29-15-25(44-46-29)19-37(48)41-23-7-9-27-35(17-23)56-36-18-24(8-10-28(36)43-27)42-38(49)20-26-16-30(47-45-26)22-13-33(52-3)40(55-6)34(14-22)53-4/h7-14,17-18,29-30,43,46-47H,15-16,19-20H2,1-6H3,(H,41,48)(H,42,49). The Morgan fingerprint density at radius 2 is 1.00 bits per heavy atom. The molecule has 0 radical (unpaired) electrons. The molecule has 56 heavy (non-hydrogen) atoms. The Morgan fingerprint density at radius 1 is 0.607 bits per heavy atom. The Hall–Kier alpha value is -6.29. The molecule has 2 unspecified atom stereocenters. The van der Waals surface area contributed by atoms with Crippen molar-refractivity contribution >= 4 is 57.7 Å². The summed E-state index contributed by atoms with van der Waals surface area (Å²) in [5.41, 5.74) is 12.7. The molecule has 2 amide bonds. The van der Waals surface area contributed by atoms with Crippen molar-refractivity contribution in [2.45, 2.75) is 47.6 Å². The fourth-order valence-corrected chi connectivity index (χ4v) is 7.89. The zero-order valence-corrected chi connectivity index (χ0v) is 32.6. The number of hydrogen-bond donors (Lipinski definition) is 5. The quantitative estimate of drug-likeness (QED) is 0.0800. The third kappa shape index (κ3) is 8.05. The van der Waals surface area contributed by atoms with Crippen molar-refractivity contribution in [1.29, 1.82) is 0 Å². The van der Waals surface area contributed by atoms with E-state index in [-0.39, 0.29) is 36.7 Å². The van der Waals surface area contributed by atoms with Gasteiger partial charge in [-0.25, -0.2) is 0 Å². The largest absolute Gasteiger partial charge is 0.493 e. The van der Waals surface area contributed by atoms with Gasteiger partial charge in [-0.2, -0.15) is 10.2 Å². The average molecular weight is 782 g/mol. The van der Waals surface area contributed by atoms with Crippen LogP contribution in [0.5, 0.6) is 34.5 Å². The molecular weight excluding hydrogens is 739 g/mol. The van der Waals surface area contributed by atoms with Gasteiger partial charge < -0.3 is 55.2 Å². The van der Waals surface area contributed by atoms with Gasteiger partial charge >= 0.3 is 0 Å². The summed E-state index contributed by atoms with van der Waals surface area (Å²) < 4.78 is 32.9. The maximum absolute atomic E-state index is 13.1. The molecule has 3 aliphatic heterocycles. The maximum Gasteiger partial charge on any atom is 0.230 e. The van der Waals surface area contributed by atoms with Crippen LogP contribution in [0.3, 0.4) is 0 Å². The number of rotatable bonds is 14. The lowest BCUT2D eigenvalue weighted by Gasteiger charge is -2.22. The van der Waals surface area contributed by atoms with E-state index in [1.54, 1.807) is 54.4 Å². The SMILES string of the molecule is COc1cc(C2CC(CC(=O)Nc3ccc4c(c3)Sc3cc(NC(=O)CC5=NNC(c6cc(OC)c(OC)c(OC)c6)C5)ccc3N4)=NN2)cc(OC)c1OC. The first-order valence-corrected chi connectivity index (χ1v) is 18.6. The van der Waals surface area contributed by atoms with Crippen LogP contribution < -0.4 is 55.2 Å². The number of carbonyl (C=O) groups is 2. The topological polar surface area (TPSA) is 174 Å². The van der Waals surface area contributed by atoms with Crippen molar-refractivity contribution < 1.29 is 38.0 Å². The summed E-state index contributed by atoms with van der Waals surface area (Å²) in [5.74, 6) is 2.88. The summed E-state index contributed by atoms with van der Waals surface area (Å²) in [6, 6.07) is 18.7. The minimum Gasteiger partial charge on any atom is -0.493 e. The number of ether oxygens (including phenoxy) is 6. The fourth-order valence-electron chi connectivity index (χ4n) is 6.83. The van der Waals surface area contributed by atoms with Crippen LogP contribution in [0.25, 0.3) is 0 Å². The molecule has 0 spiro atoms. The van der Waals surface area contributed by atoms with E-state index in [4.69, 9.17) is 28.4 Å². The van der Waals surface area contributed by atoms with Crippen LogP contribution in [0.2, 0.25) is 0 Å². The molecule has 7 rings (SSSR count). The number of hydrazone groups is 2. The van der Waals surface area contributed by atoms with Gasteiger partial charge in [-0.1, -0.05) is 11.8 Å². The minimum atomic E-state index is -0.174. The Morgan fingerprint density at radius 3 is 1.36 bits per heavy atom. The number of anilines is 4. The molecule has 15 nitrogen and oxygen atoms in total. The van der Waals surface area contributed by atoms with Crippen molar-refractivity contribution in [3.8, 4) is 34.5 Å². The summed E-state index contributed by atoms with van der Waals surface area (Å²) in [7, 11) is 9.42. The van der Waals surface area contributed by atoms with Crippen LogP contribution in [0.4, 0.5) is 22.7 Å². The molecule has 4 aromatic rings. The molecule has 0 aromatic heterocycles. The first-order chi connectivity index (χ1) is 27.2. The van der Waals surface area contributed by atoms with Gasteiger partial charge in [0.2, 0.25) is 23.3 Å². The monoisotopic (exact) mass is 781 g/mol. The highest BCUT2D eigenvalue weighted by Crippen LogP contribution is 2.46. The van der Waals surface area contributed by atoms with Crippen LogP contribution in [0.15, 0.2) is 80.7 Å². The highest BCUT2D eigenvalue weighted by atomic mass is 32.2. The molecular formula is C40H43N7O8S. The van der Waals surface area contributed by atoms with Crippen LogP contribution >= 0.6 is 11.8 Å². The van der Waals surface area contributed by atoms with Crippen LogP contribution in [0.1, 0.15) is 48.9 Å². The van der Waals surface area contributed by atoms with Gasteiger partial charge in [-0.3, -0.25) is 9.59 Å². The Balaban J connectivity index is 0.924. The Bertz CT molecular complexity index is 2030. The van der Waals surface area contributed by atoms with Gasteiger partial charge in [0, 0.05) is 45.4 Å². The number of benzene rings is 4. The van der Waals surface area contributed by atoms with Crippen molar-refractivity contribution in [2.24, 2.45) is 10.2 Å². The third-order valence-corrected chi connectivity index (χ3v) is 10.7. The number of fused-ring (bicyclic) bond motifs is 2. The summed E-state index contributed by atoms with van der Waals surface area (Å²) >= 11 is 1.55. The molecule has 3 heterocycles. The number of carbonyl (C=O) groups excluding carboxylic acids is 2. The van der Waals surface area contributed by atoms with E-state index < -0.39 is 0 Å². The van der Waals surface area contributed by atoms with E-state index in [1.165, 1.54) is 0 Å². The van der Waals surface area contributed by atoms with Crippen molar-refractivity contribution in [3.63, 3.8) is 0 Å². The highest BCUT2D eigenvalue weighted by Gasteiger charge is 2.27. The summed E-state index contributed by atoms with van der Waals surface area (Å²) in [4.78, 5) is 28.1. The van der Waals surface area contributed by atoms with Gasteiger partial charge in [-0.05, 0) is 71.8 Å². The number of amides is 2. The predicted molar refractivity (Wildman–Crippen MR) is 215 cm³/mol. The van der Waals surface area contributed by atoms with E-state index in [9.17, 15) is 9.59 Å². The molecule has 4 aromatic carbocycles. The lowest BCUT2D eigenvalue weighted by Crippen LogP contribution is -2.16. The van der Waals surface area contributed by atoms with Gasteiger partial charge in [0.05, 0.1) is 79.0 Å². The molecule has 0 saturated heterocycles. The molecule has 0 bridgehead atoms. The molecule has 292 valence electrons. The van der Waals surface area contributed by atoms with Crippen molar-refractivity contribution in [3.05, 3.63) is 71.8 Å². The number of hydrogen-bond acceptors (Lipinski definition) is 14. The maximum atomic E-state index is 13.1. The normalized spacial score (nSPS) is 16.4. The zero-order chi connectivity index (χ0) is 39.3. The summed E-state index contributed by atoms with van der Waals surface area (Å²) in [6.45, 7) is 0.